The molecule has 0 atom stereocenters. The smallest absolute Gasteiger partial charge is 0.253 e. The number of hydrogen-bond acceptors (Lipinski definition) is 4. The summed E-state index contributed by atoms with van der Waals surface area (Å²) in [5.74, 6) is 0. The van der Waals surface area contributed by atoms with Gasteiger partial charge >= 0.3 is 0 Å². The maximum atomic E-state index is 10.9. The van der Waals surface area contributed by atoms with E-state index in [4.69, 9.17) is 0 Å². The van der Waals surface area contributed by atoms with Crippen LogP contribution >= 0.6 is 0 Å². The van der Waals surface area contributed by atoms with E-state index in [0.29, 0.717) is 11.4 Å². The monoisotopic (exact) mass is 228 g/mol. The summed E-state index contributed by atoms with van der Waals surface area (Å²) >= 11 is 0. The molecule has 0 aliphatic heterocycles. The van der Waals surface area contributed by atoms with Gasteiger partial charge < -0.3 is 10.2 Å². The highest BCUT2D eigenvalue weighted by Gasteiger charge is 2.20. The number of anilines is 2. The van der Waals surface area contributed by atoms with Crippen molar-refractivity contribution >= 4 is 11.4 Å². The van der Waals surface area contributed by atoms with Gasteiger partial charge in [-0.05, 0) is 0 Å². The van der Waals surface area contributed by atoms with Crippen LogP contribution in [-0.2, 0) is 0 Å². The molecular formula is C12H24N2O2. The van der Waals surface area contributed by atoms with Gasteiger partial charge in [-0.2, -0.15) is 0 Å². The van der Waals surface area contributed by atoms with Crippen LogP contribution in [0.2, 0.25) is 0 Å². The maximum Gasteiger partial charge on any atom is 0.253 e. The SMILES string of the molecule is CC.CCC.CNc1c(N(C)C)c(=O)c1=O. The highest BCUT2D eigenvalue weighted by Crippen LogP contribution is 2.15. The third-order valence-corrected chi connectivity index (χ3v) is 1.58. The predicted molar refractivity (Wildman–Crippen MR) is 72.5 cm³/mol. The first kappa shape index (κ1) is 17.1. The molecule has 0 radical (unpaired) electrons. The van der Waals surface area contributed by atoms with Crippen molar-refractivity contribution in [1.82, 2.24) is 0 Å². The third kappa shape index (κ3) is 4.04. The van der Waals surface area contributed by atoms with Crippen molar-refractivity contribution in [3.8, 4) is 0 Å². The maximum absolute atomic E-state index is 10.9. The van der Waals surface area contributed by atoms with Crippen molar-refractivity contribution < 1.29 is 0 Å². The van der Waals surface area contributed by atoms with E-state index in [1.165, 1.54) is 6.42 Å². The highest BCUT2D eigenvalue weighted by atomic mass is 16.2. The zero-order valence-corrected chi connectivity index (χ0v) is 11.5. The van der Waals surface area contributed by atoms with E-state index >= 15 is 0 Å². The van der Waals surface area contributed by atoms with Gasteiger partial charge in [0.25, 0.3) is 10.9 Å². The molecule has 0 aliphatic carbocycles. The molecular weight excluding hydrogens is 204 g/mol. The summed E-state index contributed by atoms with van der Waals surface area (Å²) in [4.78, 5) is 23.3. The number of rotatable bonds is 2. The Morgan fingerprint density at radius 2 is 1.44 bits per heavy atom. The summed E-state index contributed by atoms with van der Waals surface area (Å²) in [6.07, 6.45) is 1.25. The lowest BCUT2D eigenvalue weighted by Crippen LogP contribution is -2.39. The summed E-state index contributed by atoms with van der Waals surface area (Å²) in [6.45, 7) is 8.25. The number of nitrogens with zero attached hydrogens (tertiary/aromatic N) is 1. The fraction of sp³-hybridized carbons (Fsp3) is 0.667. The van der Waals surface area contributed by atoms with Gasteiger partial charge in [0, 0.05) is 21.1 Å². The molecule has 0 saturated heterocycles. The Bertz CT molecular complexity index is 350. The van der Waals surface area contributed by atoms with Gasteiger partial charge in [0.2, 0.25) is 0 Å². The molecule has 0 heterocycles. The standard InChI is InChI=1S/C7H10N2O2.C3H8.C2H6/c1-8-4-5(9(2)3)7(11)6(4)10;1-3-2;1-2/h8H,1-3H3;3H2,1-2H3;1-2H3. The topological polar surface area (TPSA) is 49.4 Å². The van der Waals surface area contributed by atoms with E-state index < -0.39 is 10.9 Å². The second-order valence-corrected chi connectivity index (χ2v) is 3.23. The van der Waals surface area contributed by atoms with Gasteiger partial charge in [0.1, 0.15) is 11.4 Å². The van der Waals surface area contributed by atoms with E-state index in [1.807, 2.05) is 13.8 Å². The van der Waals surface area contributed by atoms with Crippen molar-refractivity contribution in [1.29, 1.82) is 0 Å². The normalized spacial score (nSPS) is 8.44. The molecule has 4 nitrogen and oxygen atoms in total. The number of hydrogen-bond donors (Lipinski definition) is 1. The molecule has 1 aromatic carbocycles. The van der Waals surface area contributed by atoms with Crippen molar-refractivity contribution in [3.63, 3.8) is 0 Å². The fourth-order valence-electron chi connectivity index (χ4n) is 1.04. The van der Waals surface area contributed by atoms with E-state index in [9.17, 15) is 9.59 Å². The van der Waals surface area contributed by atoms with Gasteiger partial charge in [0.05, 0.1) is 0 Å². The van der Waals surface area contributed by atoms with Crippen LogP contribution in [0.5, 0.6) is 0 Å². The van der Waals surface area contributed by atoms with Crippen LogP contribution in [0.25, 0.3) is 0 Å². The first-order valence-electron chi connectivity index (χ1n) is 5.69. The second kappa shape index (κ2) is 8.95. The summed E-state index contributed by atoms with van der Waals surface area (Å²) < 4.78 is 0. The predicted octanol–water partition coefficient (Wildman–Crippen LogP) is 1.83. The van der Waals surface area contributed by atoms with Gasteiger partial charge in [-0.15, -0.1) is 0 Å². The van der Waals surface area contributed by atoms with Crippen LogP contribution in [0, 0.1) is 0 Å². The molecule has 1 aromatic rings. The molecule has 0 amide bonds. The Balaban J connectivity index is 0. The molecule has 0 fully saturated rings. The lowest BCUT2D eigenvalue weighted by Gasteiger charge is -2.17. The van der Waals surface area contributed by atoms with E-state index in [1.54, 1.807) is 26.0 Å². The van der Waals surface area contributed by atoms with E-state index in [-0.39, 0.29) is 0 Å². The second-order valence-electron chi connectivity index (χ2n) is 3.23. The summed E-state index contributed by atoms with van der Waals surface area (Å²) in [6, 6.07) is 0. The van der Waals surface area contributed by atoms with Crippen LogP contribution < -0.4 is 21.1 Å². The zero-order valence-electron chi connectivity index (χ0n) is 11.5. The van der Waals surface area contributed by atoms with Crippen molar-refractivity contribution in [2.24, 2.45) is 0 Å². The van der Waals surface area contributed by atoms with Gasteiger partial charge in [-0.3, -0.25) is 9.59 Å². The Morgan fingerprint density at radius 3 is 1.62 bits per heavy atom. The first-order chi connectivity index (χ1) is 7.51. The fourth-order valence-corrected chi connectivity index (χ4v) is 1.04. The quantitative estimate of drug-likeness (QED) is 0.785. The Hall–Kier alpha value is -1.32. The van der Waals surface area contributed by atoms with Crippen LogP contribution in [0.15, 0.2) is 9.59 Å². The van der Waals surface area contributed by atoms with Crippen molar-refractivity contribution in [3.05, 3.63) is 20.4 Å². The molecule has 4 heteroatoms. The highest BCUT2D eigenvalue weighted by molar-refractivity contribution is 5.74. The van der Waals surface area contributed by atoms with Gasteiger partial charge in [-0.25, -0.2) is 0 Å². The lowest BCUT2D eigenvalue weighted by molar-refractivity contribution is 1.09. The van der Waals surface area contributed by atoms with E-state index in [0.717, 1.165) is 0 Å². The van der Waals surface area contributed by atoms with E-state index in [2.05, 4.69) is 19.2 Å². The van der Waals surface area contributed by atoms with Crippen LogP contribution in [-0.4, -0.2) is 21.1 Å². The van der Waals surface area contributed by atoms with Gasteiger partial charge in [-0.1, -0.05) is 34.1 Å². The Labute approximate surface area is 98.0 Å². The minimum Gasteiger partial charge on any atom is -0.383 e. The Morgan fingerprint density at radius 1 is 1.06 bits per heavy atom. The molecule has 0 bridgehead atoms. The zero-order chi connectivity index (χ0) is 13.3. The van der Waals surface area contributed by atoms with Crippen LogP contribution in [0.3, 0.4) is 0 Å². The Kier molecular flexibility index (Phi) is 9.55. The molecule has 0 saturated carbocycles. The largest absolute Gasteiger partial charge is 0.383 e. The minimum atomic E-state index is -0.420. The summed E-state index contributed by atoms with van der Waals surface area (Å²) in [5, 5.41) is 2.68. The minimum absolute atomic E-state index is 0.403. The molecule has 1 rings (SSSR count). The molecule has 0 aliphatic rings. The first-order valence-corrected chi connectivity index (χ1v) is 5.69. The van der Waals surface area contributed by atoms with Crippen LogP contribution in [0.1, 0.15) is 34.1 Å². The molecule has 0 unspecified atom stereocenters. The number of nitrogens with one attached hydrogen (secondary N) is 1. The summed E-state index contributed by atoms with van der Waals surface area (Å²) in [5.41, 5.74) is 0.0630. The van der Waals surface area contributed by atoms with Crippen molar-refractivity contribution in [2.45, 2.75) is 34.1 Å². The third-order valence-electron chi connectivity index (χ3n) is 1.58. The van der Waals surface area contributed by atoms with Crippen molar-refractivity contribution in [2.75, 3.05) is 31.4 Å². The lowest BCUT2D eigenvalue weighted by atomic mass is 10.2. The molecule has 94 valence electrons. The summed E-state index contributed by atoms with van der Waals surface area (Å²) in [7, 11) is 5.09. The molecule has 16 heavy (non-hydrogen) atoms. The average Bonchev–Trinajstić information content (AvgIpc) is 2.27. The molecule has 0 aromatic heterocycles. The molecule has 0 spiro atoms. The van der Waals surface area contributed by atoms with Gasteiger partial charge in [0.15, 0.2) is 0 Å². The molecule has 1 N–H and O–H groups in total. The van der Waals surface area contributed by atoms with Crippen LogP contribution in [0.4, 0.5) is 11.4 Å². The average molecular weight is 228 g/mol.